The van der Waals surface area contributed by atoms with Gasteiger partial charge in [-0.15, -0.1) is 0 Å². The van der Waals surface area contributed by atoms with E-state index in [0.29, 0.717) is 0 Å². The van der Waals surface area contributed by atoms with Crippen LogP contribution in [0, 0.1) is 0 Å². The van der Waals surface area contributed by atoms with Crippen LogP contribution in [0.15, 0.2) is 24.3 Å². The molecule has 15 heavy (non-hydrogen) atoms. The quantitative estimate of drug-likeness (QED) is 0.782. The predicted molar refractivity (Wildman–Crippen MR) is 61.4 cm³/mol. The first kappa shape index (κ1) is 11.7. The number of hydrogen-bond acceptors (Lipinski definition) is 2. The molecule has 3 nitrogen and oxygen atoms in total. The lowest BCUT2D eigenvalue weighted by molar-refractivity contribution is -0.120. The first-order valence-corrected chi connectivity index (χ1v) is 5.25. The molecule has 0 fully saturated rings. The van der Waals surface area contributed by atoms with Gasteiger partial charge in [0, 0.05) is 0 Å². The number of carbonyl (C=O) groups is 1. The van der Waals surface area contributed by atoms with E-state index in [1.54, 1.807) is 0 Å². The predicted octanol–water partition coefficient (Wildman–Crippen LogP) is 1.38. The van der Waals surface area contributed by atoms with Gasteiger partial charge in [0.05, 0.1) is 12.6 Å². The van der Waals surface area contributed by atoms with Crippen LogP contribution in [0.5, 0.6) is 0 Å². The summed E-state index contributed by atoms with van der Waals surface area (Å²) in [6.07, 6.45) is 1.03. The van der Waals surface area contributed by atoms with E-state index in [1.807, 2.05) is 19.1 Å². The standard InChI is InChI=1S/C12H18N2O/c1-3-10-4-6-11(7-5-10)9(2)14-12(15)8-13/h4-7,9H,3,8,13H2,1-2H3,(H,14,15). The number of amides is 1. The number of rotatable bonds is 4. The Balaban J connectivity index is 2.65. The second kappa shape index (κ2) is 5.51. The van der Waals surface area contributed by atoms with Gasteiger partial charge in [0.15, 0.2) is 0 Å². The Bertz CT molecular complexity index is 319. The molecular weight excluding hydrogens is 188 g/mol. The summed E-state index contributed by atoms with van der Waals surface area (Å²) in [6, 6.07) is 8.27. The summed E-state index contributed by atoms with van der Waals surface area (Å²) in [5.74, 6) is -0.123. The first-order valence-electron chi connectivity index (χ1n) is 5.25. The van der Waals surface area contributed by atoms with Crippen LogP contribution in [0.3, 0.4) is 0 Å². The second-order valence-corrected chi connectivity index (χ2v) is 3.59. The van der Waals surface area contributed by atoms with Gasteiger partial charge in [-0.2, -0.15) is 0 Å². The highest BCUT2D eigenvalue weighted by atomic mass is 16.1. The molecule has 0 saturated heterocycles. The molecule has 0 aliphatic rings. The Morgan fingerprint density at radius 2 is 2.00 bits per heavy atom. The van der Waals surface area contributed by atoms with Crippen molar-refractivity contribution >= 4 is 5.91 Å². The molecule has 1 amide bonds. The van der Waals surface area contributed by atoms with Gasteiger partial charge in [-0.05, 0) is 24.5 Å². The maximum Gasteiger partial charge on any atom is 0.234 e. The van der Waals surface area contributed by atoms with Gasteiger partial charge in [0.25, 0.3) is 0 Å². The molecular formula is C12H18N2O. The van der Waals surface area contributed by atoms with Crippen molar-refractivity contribution < 1.29 is 4.79 Å². The summed E-state index contributed by atoms with van der Waals surface area (Å²) in [4.78, 5) is 11.1. The minimum atomic E-state index is -0.123. The highest BCUT2D eigenvalue weighted by molar-refractivity contribution is 5.78. The fourth-order valence-electron chi connectivity index (χ4n) is 1.43. The second-order valence-electron chi connectivity index (χ2n) is 3.59. The number of nitrogens with one attached hydrogen (secondary N) is 1. The minimum absolute atomic E-state index is 0.0203. The van der Waals surface area contributed by atoms with E-state index in [-0.39, 0.29) is 18.5 Å². The van der Waals surface area contributed by atoms with Gasteiger partial charge in [-0.3, -0.25) is 4.79 Å². The third-order valence-electron chi connectivity index (χ3n) is 2.45. The SMILES string of the molecule is CCc1ccc(C(C)NC(=O)CN)cc1. The maximum absolute atomic E-state index is 11.1. The zero-order valence-corrected chi connectivity index (χ0v) is 9.29. The number of hydrogen-bond donors (Lipinski definition) is 2. The number of aryl methyl sites for hydroxylation is 1. The molecule has 3 N–H and O–H groups in total. The molecule has 0 spiro atoms. The monoisotopic (exact) mass is 206 g/mol. The Morgan fingerprint density at radius 3 is 2.47 bits per heavy atom. The zero-order chi connectivity index (χ0) is 11.3. The van der Waals surface area contributed by atoms with E-state index in [9.17, 15) is 4.79 Å². The average molecular weight is 206 g/mol. The number of carbonyl (C=O) groups excluding carboxylic acids is 1. The molecule has 0 radical (unpaired) electrons. The average Bonchev–Trinajstić information content (AvgIpc) is 2.29. The van der Waals surface area contributed by atoms with Crippen LogP contribution in [-0.2, 0) is 11.2 Å². The minimum Gasteiger partial charge on any atom is -0.348 e. The van der Waals surface area contributed by atoms with Gasteiger partial charge in [0.2, 0.25) is 5.91 Å². The lowest BCUT2D eigenvalue weighted by Gasteiger charge is -2.13. The maximum atomic E-state index is 11.1. The zero-order valence-electron chi connectivity index (χ0n) is 9.29. The fourth-order valence-corrected chi connectivity index (χ4v) is 1.43. The molecule has 0 aliphatic heterocycles. The van der Waals surface area contributed by atoms with E-state index < -0.39 is 0 Å². The summed E-state index contributed by atoms with van der Waals surface area (Å²) in [5, 5.41) is 2.82. The molecule has 0 heterocycles. The third-order valence-corrected chi connectivity index (χ3v) is 2.45. The van der Waals surface area contributed by atoms with Gasteiger partial charge < -0.3 is 11.1 Å². The largest absolute Gasteiger partial charge is 0.348 e. The van der Waals surface area contributed by atoms with E-state index >= 15 is 0 Å². The molecule has 1 rings (SSSR count). The van der Waals surface area contributed by atoms with Crippen LogP contribution in [0.2, 0.25) is 0 Å². The molecule has 0 bridgehead atoms. The molecule has 3 heteroatoms. The normalized spacial score (nSPS) is 12.2. The summed E-state index contributed by atoms with van der Waals surface area (Å²) in [6.45, 7) is 4.11. The van der Waals surface area contributed by atoms with Crippen molar-refractivity contribution in [3.63, 3.8) is 0 Å². The topological polar surface area (TPSA) is 55.1 Å². The van der Waals surface area contributed by atoms with Crippen molar-refractivity contribution in [1.82, 2.24) is 5.32 Å². The van der Waals surface area contributed by atoms with Crippen LogP contribution < -0.4 is 11.1 Å². The molecule has 1 aromatic rings. The van der Waals surface area contributed by atoms with Crippen LogP contribution in [-0.4, -0.2) is 12.5 Å². The van der Waals surface area contributed by atoms with E-state index in [1.165, 1.54) is 5.56 Å². The van der Waals surface area contributed by atoms with Crippen LogP contribution in [0.1, 0.15) is 31.0 Å². The van der Waals surface area contributed by atoms with Gasteiger partial charge in [-0.1, -0.05) is 31.2 Å². The Kier molecular flexibility index (Phi) is 4.31. The highest BCUT2D eigenvalue weighted by Gasteiger charge is 2.07. The van der Waals surface area contributed by atoms with Gasteiger partial charge in [0.1, 0.15) is 0 Å². The smallest absolute Gasteiger partial charge is 0.234 e. The van der Waals surface area contributed by atoms with E-state index in [0.717, 1.165) is 12.0 Å². The molecule has 1 aromatic carbocycles. The molecule has 0 aromatic heterocycles. The molecule has 0 saturated carbocycles. The molecule has 1 unspecified atom stereocenters. The van der Waals surface area contributed by atoms with Crippen LogP contribution in [0.25, 0.3) is 0 Å². The van der Waals surface area contributed by atoms with E-state index in [2.05, 4.69) is 24.4 Å². The molecule has 1 atom stereocenters. The van der Waals surface area contributed by atoms with Crippen molar-refractivity contribution in [2.75, 3.05) is 6.54 Å². The fraction of sp³-hybridized carbons (Fsp3) is 0.417. The number of nitrogens with two attached hydrogens (primary N) is 1. The van der Waals surface area contributed by atoms with Gasteiger partial charge in [-0.25, -0.2) is 0 Å². The summed E-state index contributed by atoms with van der Waals surface area (Å²) in [7, 11) is 0. The lowest BCUT2D eigenvalue weighted by Crippen LogP contribution is -2.32. The Labute approximate surface area is 90.7 Å². The molecule has 0 aliphatic carbocycles. The van der Waals surface area contributed by atoms with Crippen LogP contribution in [0.4, 0.5) is 0 Å². The van der Waals surface area contributed by atoms with Crippen molar-refractivity contribution in [2.45, 2.75) is 26.3 Å². The van der Waals surface area contributed by atoms with Crippen molar-refractivity contribution in [2.24, 2.45) is 5.73 Å². The van der Waals surface area contributed by atoms with Gasteiger partial charge >= 0.3 is 0 Å². The van der Waals surface area contributed by atoms with Crippen molar-refractivity contribution in [3.8, 4) is 0 Å². The summed E-state index contributed by atoms with van der Waals surface area (Å²) >= 11 is 0. The van der Waals surface area contributed by atoms with Crippen molar-refractivity contribution in [3.05, 3.63) is 35.4 Å². The Hall–Kier alpha value is -1.35. The highest BCUT2D eigenvalue weighted by Crippen LogP contribution is 2.13. The summed E-state index contributed by atoms with van der Waals surface area (Å²) < 4.78 is 0. The number of benzene rings is 1. The Morgan fingerprint density at radius 1 is 1.40 bits per heavy atom. The summed E-state index contributed by atoms with van der Waals surface area (Å²) in [5.41, 5.74) is 7.64. The third kappa shape index (κ3) is 3.36. The lowest BCUT2D eigenvalue weighted by atomic mass is 10.1. The van der Waals surface area contributed by atoms with Crippen LogP contribution >= 0.6 is 0 Å². The van der Waals surface area contributed by atoms with E-state index in [4.69, 9.17) is 5.73 Å². The first-order chi connectivity index (χ1) is 7.17. The van der Waals surface area contributed by atoms with Crippen molar-refractivity contribution in [1.29, 1.82) is 0 Å². The molecule has 82 valence electrons.